The summed E-state index contributed by atoms with van der Waals surface area (Å²) in [6.07, 6.45) is 7.45. The van der Waals surface area contributed by atoms with Crippen LogP contribution in [0.25, 0.3) is 0 Å². The predicted octanol–water partition coefficient (Wildman–Crippen LogP) is 2.32. The Morgan fingerprint density at radius 1 is 1.00 bits per heavy atom. The number of nitrogens with one attached hydrogen (secondary N) is 1. The number of nitrogens with zero attached hydrogens (tertiary/aromatic N) is 2. The van der Waals surface area contributed by atoms with Crippen molar-refractivity contribution in [1.82, 2.24) is 10.2 Å². The predicted molar refractivity (Wildman–Crippen MR) is 111 cm³/mol. The number of carbonyl (C=O) groups excluding carboxylic acids is 4. The topological polar surface area (TPSA) is 96.0 Å². The average molecular weight is 425 g/mol. The molecule has 31 heavy (non-hydrogen) atoms. The summed E-state index contributed by atoms with van der Waals surface area (Å²) in [5.41, 5.74) is 0.426. The number of hydrogen-bond acceptors (Lipinski definition) is 5. The Labute approximate surface area is 180 Å². The van der Waals surface area contributed by atoms with Crippen LogP contribution in [0.15, 0.2) is 24.3 Å². The normalized spacial score (nSPS) is 31.5. The van der Waals surface area contributed by atoms with E-state index in [1.54, 1.807) is 12.1 Å². The zero-order chi connectivity index (χ0) is 21.8. The molecule has 0 radical (unpaired) electrons. The van der Waals surface area contributed by atoms with Gasteiger partial charge in [-0.15, -0.1) is 0 Å². The zero-order valence-corrected chi connectivity index (χ0v) is 17.6. The highest BCUT2D eigenvalue weighted by Gasteiger charge is 2.51. The van der Waals surface area contributed by atoms with Gasteiger partial charge in [-0.1, -0.05) is 0 Å². The van der Waals surface area contributed by atoms with Gasteiger partial charge in [0.2, 0.25) is 5.91 Å². The summed E-state index contributed by atoms with van der Waals surface area (Å²) in [6.45, 7) is 0.143. The second-order valence-electron chi connectivity index (χ2n) is 9.71. The Hall–Kier alpha value is -2.90. The van der Waals surface area contributed by atoms with Crippen LogP contribution in [-0.2, 0) is 14.4 Å². The van der Waals surface area contributed by atoms with E-state index in [2.05, 4.69) is 5.32 Å². The van der Waals surface area contributed by atoms with E-state index in [9.17, 15) is 19.2 Å². The van der Waals surface area contributed by atoms with Crippen molar-refractivity contribution >= 4 is 29.4 Å². The molecule has 0 unspecified atom stereocenters. The van der Waals surface area contributed by atoms with Crippen LogP contribution in [0.5, 0.6) is 5.75 Å². The highest BCUT2D eigenvalue weighted by Crippen LogP contribution is 2.59. The van der Waals surface area contributed by atoms with Crippen LogP contribution in [0.2, 0.25) is 0 Å². The Morgan fingerprint density at radius 3 is 2.13 bits per heavy atom. The highest BCUT2D eigenvalue weighted by atomic mass is 16.5. The van der Waals surface area contributed by atoms with Crippen molar-refractivity contribution in [2.75, 3.05) is 25.1 Å². The van der Waals surface area contributed by atoms with Gasteiger partial charge in [0.05, 0.1) is 12.8 Å². The minimum Gasteiger partial charge on any atom is -0.497 e. The Morgan fingerprint density at radius 2 is 1.58 bits per heavy atom. The molecule has 1 aromatic rings. The van der Waals surface area contributed by atoms with Gasteiger partial charge in [0.1, 0.15) is 12.3 Å². The van der Waals surface area contributed by atoms with Gasteiger partial charge < -0.3 is 10.1 Å². The zero-order valence-electron chi connectivity index (χ0n) is 17.6. The molecule has 1 heterocycles. The van der Waals surface area contributed by atoms with E-state index in [0.717, 1.165) is 46.8 Å². The first-order chi connectivity index (χ1) is 14.9. The van der Waals surface area contributed by atoms with E-state index in [0.29, 0.717) is 12.3 Å². The van der Waals surface area contributed by atoms with Crippen LogP contribution >= 0.6 is 0 Å². The Kier molecular flexibility index (Phi) is 4.75. The summed E-state index contributed by atoms with van der Waals surface area (Å²) >= 11 is 0. The minimum absolute atomic E-state index is 0.161. The van der Waals surface area contributed by atoms with Crippen molar-refractivity contribution in [3.05, 3.63) is 24.3 Å². The quantitative estimate of drug-likeness (QED) is 0.557. The fourth-order valence-electron chi connectivity index (χ4n) is 6.60. The van der Waals surface area contributed by atoms with Crippen molar-refractivity contribution in [3.63, 3.8) is 0 Å². The van der Waals surface area contributed by atoms with Crippen LogP contribution in [-0.4, -0.2) is 48.9 Å². The average Bonchev–Trinajstić information content (AvgIpc) is 2.95. The van der Waals surface area contributed by atoms with Crippen LogP contribution in [0.3, 0.4) is 0 Å². The molecule has 5 fully saturated rings. The Bertz CT molecular complexity index is 906. The number of benzene rings is 1. The molecule has 0 aromatic heterocycles. The number of hydrogen-bond donors (Lipinski definition) is 1. The summed E-state index contributed by atoms with van der Waals surface area (Å²) in [6, 6.07) is 5.45. The maximum atomic E-state index is 12.7. The maximum Gasteiger partial charge on any atom is 0.339 e. The SMILES string of the molecule is COc1ccc(N2C(=O)C(=O)N(CC(=O)NCC34CC5CC(CC(C5)C3)C4)C2=O)cc1. The number of anilines is 1. The highest BCUT2D eigenvalue weighted by molar-refractivity contribution is 6.53. The van der Waals surface area contributed by atoms with Crippen LogP contribution < -0.4 is 15.0 Å². The molecule has 4 saturated carbocycles. The second kappa shape index (κ2) is 7.35. The van der Waals surface area contributed by atoms with Gasteiger partial charge >= 0.3 is 17.8 Å². The molecular weight excluding hydrogens is 398 g/mol. The monoisotopic (exact) mass is 425 g/mol. The third-order valence-corrected chi connectivity index (χ3v) is 7.51. The molecule has 0 spiro atoms. The number of ether oxygens (including phenoxy) is 1. The van der Waals surface area contributed by atoms with Crippen LogP contribution in [0, 0.1) is 23.2 Å². The van der Waals surface area contributed by atoms with E-state index in [1.165, 1.54) is 38.5 Å². The summed E-state index contributed by atoms with van der Waals surface area (Å²) in [7, 11) is 1.51. The first-order valence-electron chi connectivity index (χ1n) is 11.0. The summed E-state index contributed by atoms with van der Waals surface area (Å²) in [4.78, 5) is 51.7. The molecule has 164 valence electrons. The molecule has 8 nitrogen and oxygen atoms in total. The van der Waals surface area contributed by atoms with Gasteiger partial charge in [-0.05, 0) is 86.0 Å². The molecule has 4 bridgehead atoms. The molecule has 6 rings (SSSR count). The molecule has 5 amide bonds. The largest absolute Gasteiger partial charge is 0.497 e. The van der Waals surface area contributed by atoms with E-state index < -0.39 is 30.3 Å². The van der Waals surface area contributed by atoms with Crippen molar-refractivity contribution < 1.29 is 23.9 Å². The number of methoxy groups -OCH3 is 1. The molecule has 5 aliphatic rings. The van der Waals surface area contributed by atoms with Gasteiger partial charge in [-0.25, -0.2) is 14.6 Å². The lowest BCUT2D eigenvalue weighted by Crippen LogP contribution is -2.52. The smallest absolute Gasteiger partial charge is 0.339 e. The summed E-state index contributed by atoms with van der Waals surface area (Å²) in [5.74, 6) is 0.563. The van der Waals surface area contributed by atoms with E-state index >= 15 is 0 Å². The van der Waals surface area contributed by atoms with Crippen LogP contribution in [0.1, 0.15) is 38.5 Å². The van der Waals surface area contributed by atoms with Crippen molar-refractivity contribution in [3.8, 4) is 5.75 Å². The van der Waals surface area contributed by atoms with E-state index in [-0.39, 0.29) is 11.1 Å². The van der Waals surface area contributed by atoms with Crippen molar-refractivity contribution in [2.45, 2.75) is 38.5 Å². The summed E-state index contributed by atoms with van der Waals surface area (Å²) in [5, 5.41) is 2.96. The van der Waals surface area contributed by atoms with E-state index in [1.807, 2.05) is 0 Å². The first-order valence-corrected chi connectivity index (χ1v) is 11.0. The number of amides is 5. The molecule has 1 aliphatic heterocycles. The molecular formula is C23H27N3O5. The molecule has 0 atom stereocenters. The Balaban J connectivity index is 1.22. The fraction of sp³-hybridized carbons (Fsp3) is 0.565. The molecule has 1 N–H and O–H groups in total. The maximum absolute atomic E-state index is 12.7. The van der Waals surface area contributed by atoms with Gasteiger partial charge in [-0.2, -0.15) is 0 Å². The lowest BCUT2D eigenvalue weighted by Gasteiger charge is -2.56. The molecule has 8 heteroatoms. The fourth-order valence-corrected chi connectivity index (χ4v) is 6.60. The van der Waals surface area contributed by atoms with Crippen LogP contribution in [0.4, 0.5) is 10.5 Å². The number of imide groups is 2. The minimum atomic E-state index is -0.981. The van der Waals surface area contributed by atoms with E-state index in [4.69, 9.17) is 4.74 Å². The molecule has 1 aromatic carbocycles. The third kappa shape index (κ3) is 3.47. The number of carbonyl (C=O) groups is 4. The first kappa shape index (κ1) is 20.0. The second-order valence-corrected chi connectivity index (χ2v) is 9.71. The number of urea groups is 1. The molecule has 1 saturated heterocycles. The molecule has 4 aliphatic carbocycles. The standard InChI is InChI=1S/C23H27N3O5/c1-31-18-4-2-17(3-5-18)26-21(29)20(28)25(22(26)30)12-19(27)24-13-23-9-14-6-15(10-23)8-16(7-14)11-23/h2-5,14-16H,6-13H2,1H3,(H,24,27). The van der Waals surface area contributed by atoms with Gasteiger partial charge in [-0.3, -0.25) is 14.4 Å². The third-order valence-electron chi connectivity index (χ3n) is 7.51. The van der Waals surface area contributed by atoms with Crippen molar-refractivity contribution in [1.29, 1.82) is 0 Å². The van der Waals surface area contributed by atoms with Gasteiger partial charge in [0.15, 0.2) is 0 Å². The summed E-state index contributed by atoms with van der Waals surface area (Å²) < 4.78 is 5.08. The van der Waals surface area contributed by atoms with Crippen molar-refractivity contribution in [2.24, 2.45) is 23.2 Å². The van der Waals surface area contributed by atoms with Gasteiger partial charge in [0.25, 0.3) is 0 Å². The lowest BCUT2D eigenvalue weighted by molar-refractivity contribution is -0.140. The number of rotatable bonds is 6. The van der Waals surface area contributed by atoms with Gasteiger partial charge in [0, 0.05) is 6.54 Å². The lowest BCUT2D eigenvalue weighted by atomic mass is 9.49.